The lowest BCUT2D eigenvalue weighted by Crippen LogP contribution is -2.38. The number of aryl methyl sites for hydroxylation is 1. The first-order chi connectivity index (χ1) is 9.99. The highest BCUT2D eigenvalue weighted by Crippen LogP contribution is 2.20. The molecule has 1 saturated heterocycles. The van der Waals surface area contributed by atoms with E-state index in [1.165, 1.54) is 4.90 Å². The van der Waals surface area contributed by atoms with Crippen LogP contribution in [-0.2, 0) is 11.3 Å². The van der Waals surface area contributed by atoms with E-state index >= 15 is 0 Å². The normalized spacial score (nSPS) is 21.4. The molecule has 0 saturated carbocycles. The summed E-state index contributed by atoms with van der Waals surface area (Å²) in [5, 5.41) is 15.2. The first-order valence-electron chi connectivity index (χ1n) is 6.95. The van der Waals surface area contributed by atoms with Gasteiger partial charge in [-0.15, -0.1) is 0 Å². The number of amides is 3. The molecule has 2 heterocycles. The number of aliphatic hydroxyl groups excluding tert-OH is 1. The lowest BCUT2D eigenvalue weighted by Gasteiger charge is -2.16. The third-order valence-corrected chi connectivity index (χ3v) is 3.62. The smallest absolute Gasteiger partial charge is 0.317 e. The Balaban J connectivity index is 1.82. The molecule has 0 radical (unpaired) electrons. The van der Waals surface area contributed by atoms with E-state index in [0.29, 0.717) is 18.8 Å². The Morgan fingerprint density at radius 3 is 2.86 bits per heavy atom. The number of nitrogens with zero attached hydrogens (tertiary/aromatic N) is 1. The average molecular weight is 295 g/mol. The van der Waals surface area contributed by atoms with Gasteiger partial charge in [0.1, 0.15) is 5.76 Å². The van der Waals surface area contributed by atoms with E-state index in [9.17, 15) is 14.7 Å². The summed E-state index contributed by atoms with van der Waals surface area (Å²) in [4.78, 5) is 24.9. The number of hydrogen-bond acceptors (Lipinski definition) is 4. The zero-order chi connectivity index (χ0) is 15.4. The van der Waals surface area contributed by atoms with Crippen molar-refractivity contribution in [2.45, 2.75) is 26.0 Å². The molecule has 0 spiro atoms. The molecule has 2 rings (SSSR count). The fourth-order valence-corrected chi connectivity index (χ4v) is 2.42. The molecule has 0 unspecified atom stereocenters. The number of furan rings is 1. The summed E-state index contributed by atoms with van der Waals surface area (Å²) in [6.45, 7) is 2.83. The summed E-state index contributed by atoms with van der Waals surface area (Å²) in [5.41, 5.74) is 1.00. The van der Waals surface area contributed by atoms with E-state index in [2.05, 4.69) is 10.6 Å². The van der Waals surface area contributed by atoms with Crippen molar-refractivity contribution in [3.8, 4) is 0 Å². The minimum atomic E-state index is -0.668. The lowest BCUT2D eigenvalue weighted by atomic mass is 10.0. The minimum absolute atomic E-state index is 0.132. The van der Waals surface area contributed by atoms with Crippen molar-refractivity contribution in [1.29, 1.82) is 0 Å². The number of likely N-dealkylation sites (tertiary alicyclic amines) is 1. The number of carbonyl (C=O) groups excluding carboxylic acids is 2. The van der Waals surface area contributed by atoms with Gasteiger partial charge >= 0.3 is 6.03 Å². The Bertz CT molecular complexity index is 514. The Morgan fingerprint density at radius 2 is 2.24 bits per heavy atom. The van der Waals surface area contributed by atoms with Gasteiger partial charge in [0.05, 0.1) is 18.9 Å². The van der Waals surface area contributed by atoms with E-state index in [4.69, 9.17) is 4.42 Å². The van der Waals surface area contributed by atoms with Crippen LogP contribution in [0.25, 0.3) is 0 Å². The summed E-state index contributed by atoms with van der Waals surface area (Å²) in [6.07, 6.45) is 1.18. The van der Waals surface area contributed by atoms with Crippen LogP contribution in [0.4, 0.5) is 4.79 Å². The summed E-state index contributed by atoms with van der Waals surface area (Å²) < 4.78 is 5.25. The van der Waals surface area contributed by atoms with E-state index in [1.807, 2.05) is 13.0 Å². The molecule has 21 heavy (non-hydrogen) atoms. The van der Waals surface area contributed by atoms with Crippen molar-refractivity contribution in [1.82, 2.24) is 15.5 Å². The van der Waals surface area contributed by atoms with Crippen LogP contribution in [-0.4, -0.2) is 48.2 Å². The van der Waals surface area contributed by atoms with E-state index in [0.717, 1.165) is 5.56 Å². The van der Waals surface area contributed by atoms with Crippen LogP contribution in [0.1, 0.15) is 17.7 Å². The van der Waals surface area contributed by atoms with Gasteiger partial charge < -0.3 is 25.1 Å². The predicted octanol–water partition coefficient (Wildman–Crippen LogP) is 0.226. The molecule has 1 fully saturated rings. The maximum absolute atomic E-state index is 12.0. The van der Waals surface area contributed by atoms with Crippen molar-refractivity contribution in [2.75, 3.05) is 20.1 Å². The number of carbonyl (C=O) groups is 2. The number of β-amino-alcohol motifs (C(OH)–C–C–N with tert-alkyl or cyclic N) is 1. The number of aliphatic hydroxyl groups is 1. The van der Waals surface area contributed by atoms with Crippen LogP contribution < -0.4 is 10.6 Å². The summed E-state index contributed by atoms with van der Waals surface area (Å²) in [7, 11) is 1.56. The number of rotatable bonds is 4. The fourth-order valence-electron chi connectivity index (χ4n) is 2.42. The molecule has 7 heteroatoms. The van der Waals surface area contributed by atoms with Crippen LogP contribution in [0.3, 0.4) is 0 Å². The molecule has 1 aliphatic rings. The summed E-state index contributed by atoms with van der Waals surface area (Å²) in [6, 6.07) is 1.59. The van der Waals surface area contributed by atoms with Gasteiger partial charge in [0.2, 0.25) is 5.91 Å². The van der Waals surface area contributed by atoms with Gasteiger partial charge in [-0.25, -0.2) is 4.79 Å². The summed E-state index contributed by atoms with van der Waals surface area (Å²) in [5.74, 6) is 0.330. The van der Waals surface area contributed by atoms with Crippen LogP contribution in [0.5, 0.6) is 0 Å². The predicted molar refractivity (Wildman–Crippen MR) is 75.4 cm³/mol. The first kappa shape index (κ1) is 15.4. The van der Waals surface area contributed by atoms with Crippen molar-refractivity contribution in [3.05, 3.63) is 23.7 Å². The second-order valence-corrected chi connectivity index (χ2v) is 5.36. The molecule has 0 bridgehead atoms. The second kappa shape index (κ2) is 6.62. The van der Waals surface area contributed by atoms with E-state index in [-0.39, 0.29) is 30.8 Å². The van der Waals surface area contributed by atoms with Gasteiger partial charge in [-0.1, -0.05) is 0 Å². The van der Waals surface area contributed by atoms with Gasteiger partial charge in [-0.3, -0.25) is 4.79 Å². The highest BCUT2D eigenvalue weighted by molar-refractivity contribution is 5.77. The van der Waals surface area contributed by atoms with Gasteiger partial charge in [0, 0.05) is 32.5 Å². The Morgan fingerprint density at radius 1 is 1.48 bits per heavy atom. The van der Waals surface area contributed by atoms with Gasteiger partial charge in [0.15, 0.2) is 0 Å². The molecule has 1 aromatic rings. The Labute approximate surface area is 123 Å². The van der Waals surface area contributed by atoms with Crippen molar-refractivity contribution < 1.29 is 19.1 Å². The van der Waals surface area contributed by atoms with Crippen LogP contribution in [0.2, 0.25) is 0 Å². The van der Waals surface area contributed by atoms with Crippen molar-refractivity contribution >= 4 is 11.9 Å². The van der Waals surface area contributed by atoms with Gasteiger partial charge in [-0.2, -0.15) is 0 Å². The van der Waals surface area contributed by atoms with Crippen LogP contribution >= 0.6 is 0 Å². The third-order valence-electron chi connectivity index (χ3n) is 3.62. The lowest BCUT2D eigenvalue weighted by molar-refractivity contribution is -0.122. The molecular formula is C14H21N3O4. The molecule has 3 N–H and O–H groups in total. The zero-order valence-electron chi connectivity index (χ0n) is 12.3. The average Bonchev–Trinajstić information content (AvgIpc) is 3.03. The van der Waals surface area contributed by atoms with Gasteiger partial charge in [-0.05, 0) is 18.6 Å². The molecule has 116 valence electrons. The summed E-state index contributed by atoms with van der Waals surface area (Å²) >= 11 is 0. The van der Waals surface area contributed by atoms with Crippen LogP contribution in [0, 0.1) is 12.8 Å². The van der Waals surface area contributed by atoms with E-state index < -0.39 is 6.10 Å². The molecule has 2 atom stereocenters. The molecule has 0 aliphatic carbocycles. The number of nitrogens with one attached hydrogen (secondary N) is 2. The zero-order valence-corrected chi connectivity index (χ0v) is 12.3. The highest BCUT2D eigenvalue weighted by atomic mass is 16.3. The maximum atomic E-state index is 12.0. The standard InChI is InChI=1S/C14H21N3O4/c1-9-3-11(21-8-9)5-16-14(20)17-6-10(12(18)7-17)4-13(19)15-2/h3,8,10,12,18H,4-7H2,1-2H3,(H,15,19)(H,16,20)/t10-,12-/m1/s1. The topological polar surface area (TPSA) is 94.8 Å². The largest absolute Gasteiger partial charge is 0.467 e. The molecular weight excluding hydrogens is 274 g/mol. The van der Waals surface area contributed by atoms with Crippen molar-refractivity contribution in [2.24, 2.45) is 5.92 Å². The minimum Gasteiger partial charge on any atom is -0.467 e. The first-order valence-corrected chi connectivity index (χ1v) is 6.95. The van der Waals surface area contributed by atoms with Crippen molar-refractivity contribution in [3.63, 3.8) is 0 Å². The fraction of sp³-hybridized carbons (Fsp3) is 0.571. The Hall–Kier alpha value is -2.02. The molecule has 1 aliphatic heterocycles. The number of urea groups is 1. The van der Waals surface area contributed by atoms with Crippen LogP contribution in [0.15, 0.2) is 16.7 Å². The Kier molecular flexibility index (Phi) is 4.85. The van der Waals surface area contributed by atoms with E-state index in [1.54, 1.807) is 13.3 Å². The molecule has 3 amide bonds. The number of hydrogen-bond donors (Lipinski definition) is 3. The maximum Gasteiger partial charge on any atom is 0.317 e. The monoisotopic (exact) mass is 295 g/mol. The quantitative estimate of drug-likeness (QED) is 0.741. The SMILES string of the molecule is CNC(=O)C[C@@H]1CN(C(=O)NCc2cc(C)co2)C[C@H]1O. The highest BCUT2D eigenvalue weighted by Gasteiger charge is 2.35. The molecule has 1 aromatic heterocycles. The third kappa shape index (κ3) is 3.98. The molecule has 7 nitrogen and oxygen atoms in total. The molecule has 0 aromatic carbocycles. The second-order valence-electron chi connectivity index (χ2n) is 5.36. The van der Waals surface area contributed by atoms with Gasteiger partial charge in [0.25, 0.3) is 0 Å².